The van der Waals surface area contributed by atoms with Crippen LogP contribution < -0.4 is 5.32 Å². The number of ether oxygens (including phenoxy) is 1. The van der Waals surface area contributed by atoms with Crippen LogP contribution >= 0.6 is 0 Å². The molecule has 1 aliphatic heterocycles. The fourth-order valence-electron chi connectivity index (χ4n) is 2.54. The Morgan fingerprint density at radius 2 is 1.86 bits per heavy atom. The molecule has 0 unspecified atom stereocenters. The number of carbonyl (C=O) groups excluding carboxylic acids is 1. The number of carbonyl (C=O) groups is 1. The van der Waals surface area contributed by atoms with Crippen LogP contribution in [0.4, 0.5) is 5.69 Å². The Kier molecular flexibility index (Phi) is 3.73. The maximum atomic E-state index is 11.5. The zero-order valence-corrected chi connectivity index (χ0v) is 11.9. The van der Waals surface area contributed by atoms with E-state index in [4.69, 9.17) is 4.74 Å². The zero-order valence-electron chi connectivity index (χ0n) is 11.9. The summed E-state index contributed by atoms with van der Waals surface area (Å²) in [4.78, 5) is 11.5. The summed E-state index contributed by atoms with van der Waals surface area (Å²) in [7, 11) is 1.40. The number of esters is 1. The second-order valence-corrected chi connectivity index (χ2v) is 5.00. The number of rotatable bonds is 2. The molecule has 0 radical (unpaired) electrons. The lowest BCUT2D eigenvalue weighted by atomic mass is 9.99. The van der Waals surface area contributed by atoms with E-state index in [1.165, 1.54) is 23.9 Å². The quantitative estimate of drug-likeness (QED) is 0.849. The van der Waals surface area contributed by atoms with Crippen molar-refractivity contribution in [2.45, 2.75) is 6.42 Å². The largest absolute Gasteiger partial charge is 0.465 e. The molecule has 1 aliphatic rings. The molecule has 106 valence electrons. The lowest BCUT2D eigenvalue weighted by molar-refractivity contribution is 0.0600. The third kappa shape index (κ3) is 2.82. The third-order valence-electron chi connectivity index (χ3n) is 3.68. The topological polar surface area (TPSA) is 38.3 Å². The predicted molar refractivity (Wildman–Crippen MR) is 85.2 cm³/mol. The molecule has 0 bridgehead atoms. The van der Waals surface area contributed by atoms with Gasteiger partial charge in [0.15, 0.2) is 0 Å². The average Bonchev–Trinajstić information content (AvgIpc) is 2.76. The SMILES string of the molecule is COC(=O)c1ccc(C2=Cc3ccccc3NCC2)cc1. The van der Waals surface area contributed by atoms with E-state index in [9.17, 15) is 4.79 Å². The van der Waals surface area contributed by atoms with E-state index in [-0.39, 0.29) is 5.97 Å². The summed E-state index contributed by atoms with van der Waals surface area (Å²) in [5, 5.41) is 3.44. The van der Waals surface area contributed by atoms with Gasteiger partial charge in [-0.05, 0) is 47.4 Å². The molecule has 21 heavy (non-hydrogen) atoms. The zero-order chi connectivity index (χ0) is 14.7. The maximum Gasteiger partial charge on any atom is 0.337 e. The molecule has 0 amide bonds. The van der Waals surface area contributed by atoms with Crippen molar-refractivity contribution in [2.24, 2.45) is 0 Å². The molecule has 0 spiro atoms. The van der Waals surface area contributed by atoms with Gasteiger partial charge in [-0.3, -0.25) is 0 Å². The van der Waals surface area contributed by atoms with Crippen LogP contribution in [0.3, 0.4) is 0 Å². The average molecular weight is 279 g/mol. The van der Waals surface area contributed by atoms with Crippen molar-refractivity contribution in [1.82, 2.24) is 0 Å². The molecule has 0 aliphatic carbocycles. The van der Waals surface area contributed by atoms with Gasteiger partial charge < -0.3 is 10.1 Å². The Bertz CT molecular complexity index is 687. The Morgan fingerprint density at radius 1 is 1.10 bits per heavy atom. The smallest absolute Gasteiger partial charge is 0.337 e. The maximum absolute atomic E-state index is 11.5. The van der Waals surface area contributed by atoms with Crippen molar-refractivity contribution in [2.75, 3.05) is 19.0 Å². The summed E-state index contributed by atoms with van der Waals surface area (Å²) in [6.07, 6.45) is 3.16. The first kappa shape index (κ1) is 13.4. The highest BCUT2D eigenvalue weighted by Crippen LogP contribution is 2.28. The van der Waals surface area contributed by atoms with Gasteiger partial charge in [-0.15, -0.1) is 0 Å². The van der Waals surface area contributed by atoms with Gasteiger partial charge in [0.25, 0.3) is 0 Å². The highest BCUT2D eigenvalue weighted by Gasteiger charge is 2.10. The Balaban J connectivity index is 1.93. The molecule has 0 fully saturated rings. The van der Waals surface area contributed by atoms with Gasteiger partial charge in [0.2, 0.25) is 0 Å². The van der Waals surface area contributed by atoms with Gasteiger partial charge in [0, 0.05) is 12.2 Å². The summed E-state index contributed by atoms with van der Waals surface area (Å²) in [6.45, 7) is 0.904. The first-order valence-electron chi connectivity index (χ1n) is 7.00. The molecule has 1 heterocycles. The molecule has 0 aromatic heterocycles. The minimum Gasteiger partial charge on any atom is -0.465 e. The summed E-state index contributed by atoms with van der Waals surface area (Å²) in [5.41, 5.74) is 5.35. The molecule has 0 atom stereocenters. The van der Waals surface area contributed by atoms with Gasteiger partial charge in [0.05, 0.1) is 12.7 Å². The van der Waals surface area contributed by atoms with Crippen molar-refractivity contribution < 1.29 is 9.53 Å². The van der Waals surface area contributed by atoms with E-state index < -0.39 is 0 Å². The number of benzene rings is 2. The van der Waals surface area contributed by atoms with Gasteiger partial charge in [0.1, 0.15) is 0 Å². The summed E-state index contributed by atoms with van der Waals surface area (Å²) in [5.74, 6) is -0.302. The van der Waals surface area contributed by atoms with Gasteiger partial charge >= 0.3 is 5.97 Å². The summed E-state index contributed by atoms with van der Waals surface area (Å²) < 4.78 is 4.72. The number of hydrogen-bond donors (Lipinski definition) is 1. The number of para-hydroxylation sites is 1. The van der Waals surface area contributed by atoms with Crippen LogP contribution in [0.5, 0.6) is 0 Å². The minimum absolute atomic E-state index is 0.302. The van der Waals surface area contributed by atoms with Crippen LogP contribution in [0.25, 0.3) is 11.6 Å². The third-order valence-corrected chi connectivity index (χ3v) is 3.68. The van der Waals surface area contributed by atoms with Crippen molar-refractivity contribution in [3.8, 4) is 0 Å². The molecular formula is C18H17NO2. The van der Waals surface area contributed by atoms with Crippen molar-refractivity contribution in [3.05, 3.63) is 65.2 Å². The monoisotopic (exact) mass is 279 g/mol. The van der Waals surface area contributed by atoms with Crippen LogP contribution in [-0.2, 0) is 4.74 Å². The fourth-order valence-corrected chi connectivity index (χ4v) is 2.54. The fraction of sp³-hybridized carbons (Fsp3) is 0.167. The number of methoxy groups -OCH3 is 1. The van der Waals surface area contributed by atoms with Gasteiger partial charge in [-0.1, -0.05) is 30.3 Å². The Morgan fingerprint density at radius 3 is 2.62 bits per heavy atom. The van der Waals surface area contributed by atoms with E-state index >= 15 is 0 Å². The van der Waals surface area contributed by atoms with Crippen LogP contribution in [0.15, 0.2) is 48.5 Å². The molecule has 2 aromatic carbocycles. The molecule has 0 saturated carbocycles. The molecule has 3 rings (SSSR count). The van der Waals surface area contributed by atoms with E-state index in [2.05, 4.69) is 23.5 Å². The molecular weight excluding hydrogens is 262 g/mol. The Labute approximate surface area is 124 Å². The van der Waals surface area contributed by atoms with Gasteiger partial charge in [-0.2, -0.15) is 0 Å². The van der Waals surface area contributed by atoms with E-state index in [1.54, 1.807) is 0 Å². The molecule has 0 saturated heterocycles. The number of anilines is 1. The molecule has 3 heteroatoms. The van der Waals surface area contributed by atoms with Crippen molar-refractivity contribution in [3.63, 3.8) is 0 Å². The minimum atomic E-state index is -0.302. The number of nitrogens with one attached hydrogen (secondary N) is 1. The van der Waals surface area contributed by atoms with Crippen molar-refractivity contribution in [1.29, 1.82) is 0 Å². The standard InChI is InChI=1S/C18H17NO2/c1-21-18(20)14-8-6-13(7-9-14)15-10-11-19-17-5-3-2-4-16(17)12-15/h2-9,12,19H,10-11H2,1H3. The van der Waals surface area contributed by atoms with Crippen molar-refractivity contribution >= 4 is 23.3 Å². The predicted octanol–water partition coefficient (Wildman–Crippen LogP) is 3.83. The second-order valence-electron chi connectivity index (χ2n) is 5.00. The first-order chi connectivity index (χ1) is 10.3. The van der Waals surface area contributed by atoms with Crippen LogP contribution in [0, 0.1) is 0 Å². The molecule has 3 nitrogen and oxygen atoms in total. The second kappa shape index (κ2) is 5.83. The highest BCUT2D eigenvalue weighted by molar-refractivity contribution is 5.91. The van der Waals surface area contributed by atoms with E-state index in [0.717, 1.165) is 18.5 Å². The number of fused-ring (bicyclic) bond motifs is 1. The normalized spacial score (nSPS) is 13.5. The molecule has 1 N–H and O–H groups in total. The summed E-state index contributed by atoms with van der Waals surface area (Å²) >= 11 is 0. The summed E-state index contributed by atoms with van der Waals surface area (Å²) in [6, 6.07) is 15.9. The van der Waals surface area contributed by atoms with Crippen LogP contribution in [0.1, 0.15) is 27.9 Å². The Hall–Kier alpha value is -2.55. The lowest BCUT2D eigenvalue weighted by Crippen LogP contribution is -2.02. The van der Waals surface area contributed by atoms with E-state index in [0.29, 0.717) is 5.56 Å². The first-order valence-corrected chi connectivity index (χ1v) is 7.00. The highest BCUT2D eigenvalue weighted by atomic mass is 16.5. The van der Waals surface area contributed by atoms with Crippen LogP contribution in [0.2, 0.25) is 0 Å². The lowest BCUT2D eigenvalue weighted by Gasteiger charge is -2.06. The molecule has 2 aromatic rings. The number of hydrogen-bond acceptors (Lipinski definition) is 3. The van der Waals surface area contributed by atoms with Crippen LogP contribution in [-0.4, -0.2) is 19.6 Å². The van der Waals surface area contributed by atoms with E-state index in [1.807, 2.05) is 36.4 Å². The van der Waals surface area contributed by atoms with Gasteiger partial charge in [-0.25, -0.2) is 4.79 Å².